The minimum Gasteiger partial charge on any atom is -0.481 e. The highest BCUT2D eigenvalue weighted by atomic mass is 16.4. The van der Waals surface area contributed by atoms with Gasteiger partial charge in [0.15, 0.2) is 0 Å². The molecule has 0 aromatic heterocycles. The van der Waals surface area contributed by atoms with Crippen molar-refractivity contribution in [1.29, 1.82) is 0 Å². The molecule has 1 atom stereocenters. The summed E-state index contributed by atoms with van der Waals surface area (Å²) in [6.45, 7) is 2.05. The van der Waals surface area contributed by atoms with Crippen molar-refractivity contribution >= 4 is 5.97 Å². The number of carboxylic acid groups (broad SMARTS) is 1. The van der Waals surface area contributed by atoms with Gasteiger partial charge in [0.1, 0.15) is 0 Å². The lowest BCUT2D eigenvalue weighted by Gasteiger charge is -2.12. The zero-order valence-corrected chi connectivity index (χ0v) is 11.0. The molecule has 2 aromatic rings. The largest absolute Gasteiger partial charge is 0.481 e. The summed E-state index contributed by atoms with van der Waals surface area (Å²) in [4.78, 5) is 11.4. The molecule has 0 saturated carbocycles. The van der Waals surface area contributed by atoms with E-state index in [9.17, 15) is 9.90 Å². The van der Waals surface area contributed by atoms with Crippen LogP contribution in [0.4, 0.5) is 0 Å². The number of benzene rings is 2. The normalized spacial score (nSPS) is 12.1. The van der Waals surface area contributed by atoms with Crippen LogP contribution in [0.1, 0.15) is 29.0 Å². The van der Waals surface area contributed by atoms with E-state index in [1.54, 1.807) is 0 Å². The predicted molar refractivity (Wildman–Crippen MR) is 76.3 cm³/mol. The summed E-state index contributed by atoms with van der Waals surface area (Å²) in [6.07, 6.45) is 1.41. The van der Waals surface area contributed by atoms with Crippen molar-refractivity contribution in [3.8, 4) is 0 Å². The van der Waals surface area contributed by atoms with Gasteiger partial charge in [-0.3, -0.25) is 4.79 Å². The summed E-state index contributed by atoms with van der Waals surface area (Å²) in [7, 11) is 0. The van der Waals surface area contributed by atoms with E-state index in [1.165, 1.54) is 11.1 Å². The van der Waals surface area contributed by atoms with Gasteiger partial charge in [-0.2, -0.15) is 0 Å². The molecule has 2 heteroatoms. The number of rotatable bonds is 5. The van der Waals surface area contributed by atoms with Gasteiger partial charge in [0.25, 0.3) is 0 Å². The topological polar surface area (TPSA) is 37.3 Å². The fourth-order valence-electron chi connectivity index (χ4n) is 2.30. The molecule has 0 heterocycles. The van der Waals surface area contributed by atoms with Crippen molar-refractivity contribution in [2.24, 2.45) is 0 Å². The number of hydrogen-bond acceptors (Lipinski definition) is 1. The molecule has 0 fully saturated rings. The third kappa shape index (κ3) is 3.68. The molecule has 0 radical (unpaired) electrons. The molecule has 0 unspecified atom stereocenters. The maximum absolute atomic E-state index is 11.4. The molecule has 0 aliphatic carbocycles. The van der Waals surface area contributed by atoms with Crippen LogP contribution in [0.3, 0.4) is 0 Å². The van der Waals surface area contributed by atoms with Crippen LogP contribution in [0.15, 0.2) is 54.6 Å². The van der Waals surface area contributed by atoms with Gasteiger partial charge < -0.3 is 5.11 Å². The molecular formula is C17H18O2. The maximum atomic E-state index is 11.4. The van der Waals surface area contributed by atoms with Crippen LogP contribution >= 0.6 is 0 Å². The Bertz CT molecular complexity index is 546. The third-order valence-electron chi connectivity index (χ3n) is 3.30. The van der Waals surface area contributed by atoms with E-state index in [2.05, 4.69) is 25.1 Å². The Hall–Kier alpha value is -2.09. The zero-order valence-electron chi connectivity index (χ0n) is 11.0. The van der Waals surface area contributed by atoms with Crippen molar-refractivity contribution in [1.82, 2.24) is 0 Å². The van der Waals surface area contributed by atoms with Gasteiger partial charge in [-0.25, -0.2) is 0 Å². The van der Waals surface area contributed by atoms with E-state index >= 15 is 0 Å². The summed E-state index contributed by atoms with van der Waals surface area (Å²) < 4.78 is 0. The quantitative estimate of drug-likeness (QED) is 0.881. The summed E-state index contributed by atoms with van der Waals surface area (Å²) >= 11 is 0. The van der Waals surface area contributed by atoms with Gasteiger partial charge in [-0.05, 0) is 30.9 Å². The minimum absolute atomic E-state index is 0.429. The standard InChI is InChI=1S/C17H18O2/c1-13-6-5-7-14(12-13)10-11-16(17(18)19)15-8-3-2-4-9-15/h2-9,12,16H,10-11H2,1H3,(H,18,19)/t16-/m0/s1. The third-order valence-corrected chi connectivity index (χ3v) is 3.30. The highest BCUT2D eigenvalue weighted by Gasteiger charge is 2.19. The fraction of sp³-hybridized carbons (Fsp3) is 0.235. The average Bonchev–Trinajstić information content (AvgIpc) is 2.40. The SMILES string of the molecule is Cc1cccc(CC[C@H](C(=O)O)c2ccccc2)c1. The van der Waals surface area contributed by atoms with Gasteiger partial charge in [0.05, 0.1) is 5.92 Å². The second kappa shape index (κ2) is 6.19. The first-order chi connectivity index (χ1) is 9.16. The van der Waals surface area contributed by atoms with E-state index in [1.807, 2.05) is 36.4 Å². The minimum atomic E-state index is -0.751. The number of aryl methyl sites for hydroxylation is 2. The summed E-state index contributed by atoms with van der Waals surface area (Å²) in [6, 6.07) is 17.7. The number of hydrogen-bond donors (Lipinski definition) is 1. The molecule has 0 spiro atoms. The van der Waals surface area contributed by atoms with E-state index < -0.39 is 11.9 Å². The second-order valence-corrected chi connectivity index (χ2v) is 4.83. The molecular weight excluding hydrogens is 236 g/mol. The van der Waals surface area contributed by atoms with Gasteiger partial charge in [-0.15, -0.1) is 0 Å². The Balaban J connectivity index is 2.08. The van der Waals surface area contributed by atoms with Crippen molar-refractivity contribution in [2.45, 2.75) is 25.7 Å². The molecule has 0 aliphatic heterocycles. The predicted octanol–water partition coefficient (Wildman–Crippen LogP) is 3.80. The molecule has 0 bridgehead atoms. The zero-order chi connectivity index (χ0) is 13.7. The van der Waals surface area contributed by atoms with Crippen LogP contribution in [-0.4, -0.2) is 11.1 Å². The monoisotopic (exact) mass is 254 g/mol. The van der Waals surface area contributed by atoms with Gasteiger partial charge in [0, 0.05) is 0 Å². The van der Waals surface area contributed by atoms with E-state index in [0.29, 0.717) is 6.42 Å². The lowest BCUT2D eigenvalue weighted by atomic mass is 9.92. The van der Waals surface area contributed by atoms with Crippen molar-refractivity contribution in [2.75, 3.05) is 0 Å². The summed E-state index contributed by atoms with van der Waals surface area (Å²) in [5.41, 5.74) is 3.29. The number of carboxylic acids is 1. The molecule has 1 N–H and O–H groups in total. The van der Waals surface area contributed by atoms with Crippen molar-refractivity contribution < 1.29 is 9.90 Å². The summed E-state index contributed by atoms with van der Waals surface area (Å²) in [5, 5.41) is 9.36. The first-order valence-electron chi connectivity index (χ1n) is 6.50. The molecule has 0 saturated heterocycles. The lowest BCUT2D eigenvalue weighted by molar-refractivity contribution is -0.138. The summed E-state index contributed by atoms with van der Waals surface area (Å²) in [5.74, 6) is -1.18. The van der Waals surface area contributed by atoms with Crippen molar-refractivity contribution in [3.63, 3.8) is 0 Å². The average molecular weight is 254 g/mol. The first-order valence-corrected chi connectivity index (χ1v) is 6.50. The van der Waals surface area contributed by atoms with Gasteiger partial charge in [-0.1, -0.05) is 60.2 Å². The maximum Gasteiger partial charge on any atom is 0.310 e. The molecule has 98 valence electrons. The van der Waals surface area contributed by atoms with Gasteiger partial charge in [0.2, 0.25) is 0 Å². The molecule has 19 heavy (non-hydrogen) atoms. The van der Waals surface area contributed by atoms with Crippen molar-refractivity contribution in [3.05, 3.63) is 71.3 Å². The first kappa shape index (κ1) is 13.3. The molecule has 2 aromatic carbocycles. The van der Waals surface area contributed by atoms with E-state index in [-0.39, 0.29) is 0 Å². The number of carbonyl (C=O) groups is 1. The Morgan fingerprint density at radius 3 is 2.47 bits per heavy atom. The Labute approximate surface area is 113 Å². The van der Waals surface area contributed by atoms with Gasteiger partial charge >= 0.3 is 5.97 Å². The van der Waals surface area contributed by atoms with E-state index in [0.717, 1.165) is 12.0 Å². The van der Waals surface area contributed by atoms with Crippen LogP contribution in [-0.2, 0) is 11.2 Å². The Morgan fingerprint density at radius 1 is 1.11 bits per heavy atom. The highest BCUT2D eigenvalue weighted by Crippen LogP contribution is 2.22. The molecule has 2 rings (SSSR count). The molecule has 0 amide bonds. The van der Waals surface area contributed by atoms with E-state index in [4.69, 9.17) is 0 Å². The Kier molecular flexibility index (Phi) is 4.35. The van der Waals surface area contributed by atoms with Crippen LogP contribution in [0.5, 0.6) is 0 Å². The fourth-order valence-corrected chi connectivity index (χ4v) is 2.30. The molecule has 2 nitrogen and oxygen atoms in total. The van der Waals surface area contributed by atoms with Crippen LogP contribution in [0.2, 0.25) is 0 Å². The Morgan fingerprint density at radius 2 is 1.84 bits per heavy atom. The smallest absolute Gasteiger partial charge is 0.310 e. The molecule has 0 aliphatic rings. The van der Waals surface area contributed by atoms with Crippen LogP contribution in [0.25, 0.3) is 0 Å². The second-order valence-electron chi connectivity index (χ2n) is 4.83. The van der Waals surface area contributed by atoms with Crippen LogP contribution in [0, 0.1) is 6.92 Å². The number of aliphatic carboxylic acids is 1. The van der Waals surface area contributed by atoms with Crippen LogP contribution < -0.4 is 0 Å². The lowest BCUT2D eigenvalue weighted by Crippen LogP contribution is -2.12. The highest BCUT2D eigenvalue weighted by molar-refractivity contribution is 5.76.